The number of rotatable bonds is 8. The van der Waals surface area contributed by atoms with Crippen LogP contribution in [-0.4, -0.2) is 55.5 Å². The number of aromatic carboxylic acids is 1. The van der Waals surface area contributed by atoms with Crippen molar-refractivity contribution in [1.82, 2.24) is 19.7 Å². The van der Waals surface area contributed by atoms with Crippen LogP contribution in [-0.2, 0) is 11.3 Å². The first-order chi connectivity index (χ1) is 15.5. The molecule has 10 heteroatoms. The number of carbonyl (C=O) groups excluding carboxylic acids is 1. The van der Waals surface area contributed by atoms with Crippen molar-refractivity contribution in [3.63, 3.8) is 0 Å². The summed E-state index contributed by atoms with van der Waals surface area (Å²) in [7, 11) is 0. The van der Waals surface area contributed by atoms with Gasteiger partial charge in [-0.3, -0.25) is 14.3 Å². The number of aromatic nitrogens is 3. The van der Waals surface area contributed by atoms with Gasteiger partial charge in [-0.05, 0) is 74.5 Å². The van der Waals surface area contributed by atoms with E-state index in [-0.39, 0.29) is 23.0 Å². The fraction of sp³-hybridized carbons (Fsp3) is 0.273. The molecule has 0 aliphatic carbocycles. The van der Waals surface area contributed by atoms with Crippen LogP contribution in [0.25, 0.3) is 5.69 Å². The van der Waals surface area contributed by atoms with Crippen molar-refractivity contribution in [1.29, 1.82) is 0 Å². The van der Waals surface area contributed by atoms with Crippen LogP contribution in [0.5, 0.6) is 0 Å². The highest BCUT2D eigenvalue weighted by Crippen LogP contribution is 2.24. The second-order valence-electron chi connectivity index (χ2n) is 7.41. The third-order valence-corrected chi connectivity index (χ3v) is 6.03. The highest BCUT2D eigenvalue weighted by molar-refractivity contribution is 7.99. The SMILES string of the molecule is O=C(CSc1nnc(CN2CCCC2)n1-c1ccc(F)cc1)Nc1ccc(C(=O)O)cc1. The molecule has 0 radical (unpaired) electrons. The van der Waals surface area contributed by atoms with E-state index in [0.29, 0.717) is 17.4 Å². The van der Waals surface area contributed by atoms with Crippen LogP contribution in [0.4, 0.5) is 10.1 Å². The molecular formula is C22H22FN5O3S. The van der Waals surface area contributed by atoms with Crippen LogP contribution in [0.3, 0.4) is 0 Å². The van der Waals surface area contributed by atoms with Crippen LogP contribution in [0.1, 0.15) is 29.0 Å². The van der Waals surface area contributed by atoms with Gasteiger partial charge in [0, 0.05) is 11.4 Å². The summed E-state index contributed by atoms with van der Waals surface area (Å²) in [6.07, 6.45) is 2.31. The standard InChI is InChI=1S/C22H22FN5O3S/c23-16-5-9-18(10-6-16)28-19(13-27-11-1-2-12-27)25-26-22(28)32-14-20(29)24-17-7-3-15(4-8-17)21(30)31/h3-10H,1-2,11-14H2,(H,24,29)(H,30,31). The number of hydrogen-bond donors (Lipinski definition) is 2. The molecule has 1 saturated heterocycles. The van der Waals surface area contributed by atoms with E-state index in [1.807, 2.05) is 4.57 Å². The fourth-order valence-electron chi connectivity index (χ4n) is 3.51. The minimum absolute atomic E-state index is 0.0870. The molecule has 32 heavy (non-hydrogen) atoms. The molecular weight excluding hydrogens is 433 g/mol. The highest BCUT2D eigenvalue weighted by atomic mass is 32.2. The molecule has 0 atom stereocenters. The lowest BCUT2D eigenvalue weighted by atomic mass is 10.2. The van der Waals surface area contributed by atoms with E-state index < -0.39 is 5.97 Å². The number of likely N-dealkylation sites (tertiary alicyclic amines) is 1. The molecule has 1 amide bonds. The van der Waals surface area contributed by atoms with E-state index in [1.165, 1.54) is 36.0 Å². The molecule has 8 nitrogen and oxygen atoms in total. The lowest BCUT2D eigenvalue weighted by Gasteiger charge is -2.16. The summed E-state index contributed by atoms with van der Waals surface area (Å²) >= 11 is 1.23. The Morgan fingerprint density at radius 2 is 1.72 bits per heavy atom. The Hall–Kier alpha value is -3.24. The van der Waals surface area contributed by atoms with Gasteiger partial charge in [-0.25, -0.2) is 9.18 Å². The van der Waals surface area contributed by atoms with Crippen LogP contribution in [0.2, 0.25) is 0 Å². The maximum Gasteiger partial charge on any atom is 0.335 e. The molecule has 1 aliphatic rings. The highest BCUT2D eigenvalue weighted by Gasteiger charge is 2.20. The summed E-state index contributed by atoms with van der Waals surface area (Å²) in [5.41, 5.74) is 1.39. The first-order valence-corrected chi connectivity index (χ1v) is 11.2. The van der Waals surface area contributed by atoms with Crippen molar-refractivity contribution >= 4 is 29.3 Å². The molecule has 2 N–H and O–H groups in total. The molecule has 2 aromatic carbocycles. The Labute approximate surface area is 188 Å². The first-order valence-electron chi connectivity index (χ1n) is 10.2. The van der Waals surface area contributed by atoms with Gasteiger partial charge in [-0.15, -0.1) is 10.2 Å². The van der Waals surface area contributed by atoms with E-state index in [9.17, 15) is 14.0 Å². The van der Waals surface area contributed by atoms with Gasteiger partial charge in [0.15, 0.2) is 11.0 Å². The van der Waals surface area contributed by atoms with Crippen molar-refractivity contribution < 1.29 is 19.1 Å². The Balaban J connectivity index is 1.47. The predicted molar refractivity (Wildman–Crippen MR) is 119 cm³/mol. The normalized spacial score (nSPS) is 13.9. The third-order valence-electron chi connectivity index (χ3n) is 5.10. The fourth-order valence-corrected chi connectivity index (χ4v) is 4.28. The summed E-state index contributed by atoms with van der Waals surface area (Å²) in [5, 5.41) is 20.9. The minimum atomic E-state index is -1.02. The number of amides is 1. The summed E-state index contributed by atoms with van der Waals surface area (Å²) in [4.78, 5) is 25.7. The maximum absolute atomic E-state index is 13.4. The molecule has 1 fully saturated rings. The number of anilines is 1. The number of nitrogens with one attached hydrogen (secondary N) is 1. The number of carboxylic acids is 1. The van der Waals surface area contributed by atoms with Crippen LogP contribution in [0, 0.1) is 5.82 Å². The molecule has 3 aromatic rings. The Kier molecular flexibility index (Phi) is 6.81. The molecule has 4 rings (SSSR count). The van der Waals surface area contributed by atoms with Gasteiger partial charge in [-0.2, -0.15) is 0 Å². The Bertz CT molecular complexity index is 1100. The monoisotopic (exact) mass is 455 g/mol. The van der Waals surface area contributed by atoms with Gasteiger partial charge in [0.1, 0.15) is 5.82 Å². The van der Waals surface area contributed by atoms with Crippen LogP contribution < -0.4 is 5.32 Å². The van der Waals surface area contributed by atoms with Crippen molar-refractivity contribution in [2.75, 3.05) is 24.2 Å². The number of nitrogens with zero attached hydrogens (tertiary/aromatic N) is 4. The van der Waals surface area contributed by atoms with Crippen molar-refractivity contribution in [2.45, 2.75) is 24.5 Å². The van der Waals surface area contributed by atoms with Crippen LogP contribution in [0.15, 0.2) is 53.7 Å². The zero-order valence-corrected chi connectivity index (χ0v) is 18.0. The van der Waals surface area contributed by atoms with Crippen molar-refractivity contribution in [3.8, 4) is 5.69 Å². The van der Waals surface area contributed by atoms with Gasteiger partial charge in [0.25, 0.3) is 0 Å². The third kappa shape index (κ3) is 5.32. The van der Waals surface area contributed by atoms with Gasteiger partial charge >= 0.3 is 5.97 Å². The quantitative estimate of drug-likeness (QED) is 0.502. The van der Waals surface area contributed by atoms with Crippen molar-refractivity contribution in [3.05, 3.63) is 65.7 Å². The van der Waals surface area contributed by atoms with Crippen LogP contribution >= 0.6 is 11.8 Å². The largest absolute Gasteiger partial charge is 0.478 e. The number of benzene rings is 2. The second kappa shape index (κ2) is 9.92. The molecule has 0 saturated carbocycles. The lowest BCUT2D eigenvalue weighted by molar-refractivity contribution is -0.113. The molecule has 0 spiro atoms. The van der Waals surface area contributed by atoms with E-state index in [4.69, 9.17) is 5.11 Å². The van der Waals surface area contributed by atoms with E-state index >= 15 is 0 Å². The minimum Gasteiger partial charge on any atom is -0.478 e. The zero-order valence-electron chi connectivity index (χ0n) is 17.2. The number of hydrogen-bond acceptors (Lipinski definition) is 6. The average molecular weight is 456 g/mol. The molecule has 166 valence electrons. The number of thioether (sulfide) groups is 1. The maximum atomic E-state index is 13.4. The van der Waals surface area contributed by atoms with E-state index in [1.54, 1.807) is 24.3 Å². The summed E-state index contributed by atoms with van der Waals surface area (Å²) in [6, 6.07) is 12.1. The van der Waals surface area contributed by atoms with E-state index in [2.05, 4.69) is 20.4 Å². The number of carboxylic acid groups (broad SMARTS) is 1. The summed E-state index contributed by atoms with van der Waals surface area (Å²) in [5.74, 6) is -0.781. The summed E-state index contributed by atoms with van der Waals surface area (Å²) < 4.78 is 15.3. The lowest BCUT2D eigenvalue weighted by Crippen LogP contribution is -2.21. The van der Waals surface area contributed by atoms with Crippen molar-refractivity contribution in [2.24, 2.45) is 0 Å². The van der Waals surface area contributed by atoms with Gasteiger partial charge in [-0.1, -0.05) is 11.8 Å². The van der Waals surface area contributed by atoms with E-state index in [0.717, 1.165) is 37.4 Å². The molecule has 0 unspecified atom stereocenters. The Morgan fingerprint density at radius 3 is 2.38 bits per heavy atom. The Morgan fingerprint density at radius 1 is 1.03 bits per heavy atom. The molecule has 0 bridgehead atoms. The zero-order chi connectivity index (χ0) is 22.5. The molecule has 1 aliphatic heterocycles. The smallest absolute Gasteiger partial charge is 0.335 e. The van der Waals surface area contributed by atoms with Gasteiger partial charge < -0.3 is 10.4 Å². The number of halogens is 1. The first kappa shape index (κ1) is 22.0. The second-order valence-corrected chi connectivity index (χ2v) is 8.36. The van der Waals surface area contributed by atoms with Gasteiger partial charge in [0.05, 0.1) is 17.9 Å². The number of carbonyl (C=O) groups is 2. The molecule has 2 heterocycles. The predicted octanol–water partition coefficient (Wildman–Crippen LogP) is 3.43. The topological polar surface area (TPSA) is 100 Å². The summed E-state index contributed by atoms with van der Waals surface area (Å²) in [6.45, 7) is 2.64. The molecule has 1 aromatic heterocycles. The average Bonchev–Trinajstić information content (AvgIpc) is 3.44. The van der Waals surface area contributed by atoms with Gasteiger partial charge in [0.2, 0.25) is 5.91 Å².